The van der Waals surface area contributed by atoms with E-state index in [1.54, 1.807) is 0 Å². The summed E-state index contributed by atoms with van der Waals surface area (Å²) in [5.41, 5.74) is 5.73. The summed E-state index contributed by atoms with van der Waals surface area (Å²) >= 11 is 0. The number of rotatable bonds is 1. The molecule has 0 radical (unpaired) electrons. The lowest BCUT2D eigenvalue weighted by molar-refractivity contribution is -0.137. The van der Waals surface area contributed by atoms with Gasteiger partial charge < -0.3 is 10.8 Å². The van der Waals surface area contributed by atoms with Gasteiger partial charge in [0.05, 0.1) is 11.3 Å². The number of carbonyl (C=O) groups is 1. The normalized spacial score (nSPS) is 25.6. The van der Waals surface area contributed by atoms with Crippen LogP contribution in [0.25, 0.3) is 0 Å². The van der Waals surface area contributed by atoms with Crippen LogP contribution in [0.5, 0.6) is 0 Å². The molecule has 0 spiro atoms. The minimum absolute atomic E-state index is 0.235. The van der Waals surface area contributed by atoms with Gasteiger partial charge >= 0.3 is 12.3 Å². The Hall–Kier alpha value is -1.76. The average Bonchev–Trinajstić information content (AvgIpc) is 3.20. The molecule has 1 aromatic rings. The molecular formula is C14H15F3N2O2. The fourth-order valence-electron chi connectivity index (χ4n) is 3.05. The molecule has 1 heterocycles. The highest BCUT2D eigenvalue weighted by atomic mass is 19.4. The molecule has 2 atom stereocenters. The summed E-state index contributed by atoms with van der Waals surface area (Å²) in [5.74, 6) is 0.266. The number of halogens is 3. The van der Waals surface area contributed by atoms with Gasteiger partial charge in [-0.05, 0) is 48.9 Å². The maximum absolute atomic E-state index is 12.8. The second-order valence-corrected chi connectivity index (χ2v) is 5.67. The Morgan fingerprint density at radius 2 is 2.00 bits per heavy atom. The van der Waals surface area contributed by atoms with Crippen molar-refractivity contribution in [2.45, 2.75) is 37.5 Å². The van der Waals surface area contributed by atoms with Crippen LogP contribution in [0.1, 0.15) is 36.4 Å². The fraction of sp³-hybridized carbons (Fsp3) is 0.500. The van der Waals surface area contributed by atoms with Crippen molar-refractivity contribution in [3.8, 4) is 0 Å². The molecule has 3 N–H and O–H groups in total. The molecule has 1 amide bonds. The van der Waals surface area contributed by atoms with Crippen molar-refractivity contribution < 1.29 is 23.1 Å². The van der Waals surface area contributed by atoms with E-state index in [9.17, 15) is 23.1 Å². The minimum Gasteiger partial charge on any atom is -0.465 e. The van der Waals surface area contributed by atoms with Crippen molar-refractivity contribution in [2.75, 3.05) is 4.90 Å². The Kier molecular flexibility index (Phi) is 3.12. The first-order valence-electron chi connectivity index (χ1n) is 6.78. The topological polar surface area (TPSA) is 66.6 Å². The third kappa shape index (κ3) is 2.46. The molecule has 2 aliphatic rings. The monoisotopic (exact) mass is 300 g/mol. The number of amides is 1. The van der Waals surface area contributed by atoms with Gasteiger partial charge in [0.2, 0.25) is 0 Å². The standard InChI is InChI=1S/C14H15F3N2O2/c15-14(16,17)8-3-4-11-9(5-8)10(18)6-12(7-1-2-7)19(11)13(20)21/h3-5,7,10,12H,1-2,6,18H2,(H,20,21)/t10-,12-/m1/s1. The SMILES string of the molecule is N[C@@H]1C[C@H](C2CC2)N(C(=O)O)c2ccc(C(F)(F)F)cc21. The lowest BCUT2D eigenvalue weighted by Gasteiger charge is -2.38. The van der Waals surface area contributed by atoms with Crippen molar-refractivity contribution in [1.82, 2.24) is 0 Å². The van der Waals surface area contributed by atoms with Crippen LogP contribution < -0.4 is 10.6 Å². The number of alkyl halides is 3. The molecule has 0 aromatic heterocycles. The predicted octanol–water partition coefficient (Wildman–Crippen LogP) is 3.37. The van der Waals surface area contributed by atoms with Crippen LogP contribution in [0.15, 0.2) is 18.2 Å². The van der Waals surface area contributed by atoms with Crippen molar-refractivity contribution in [3.05, 3.63) is 29.3 Å². The summed E-state index contributed by atoms with van der Waals surface area (Å²) in [6, 6.07) is 2.31. The zero-order valence-electron chi connectivity index (χ0n) is 11.1. The molecule has 3 rings (SSSR count). The van der Waals surface area contributed by atoms with Gasteiger partial charge in [-0.2, -0.15) is 13.2 Å². The lowest BCUT2D eigenvalue weighted by atomic mass is 9.88. The molecule has 0 unspecified atom stereocenters. The summed E-state index contributed by atoms with van der Waals surface area (Å²) < 4.78 is 38.4. The number of fused-ring (bicyclic) bond motifs is 1. The number of hydrogen-bond acceptors (Lipinski definition) is 2. The maximum Gasteiger partial charge on any atom is 0.416 e. The second kappa shape index (κ2) is 4.62. The number of hydrogen-bond donors (Lipinski definition) is 2. The molecule has 7 heteroatoms. The second-order valence-electron chi connectivity index (χ2n) is 5.67. The Balaban J connectivity index is 2.06. The Morgan fingerprint density at radius 3 is 2.52 bits per heavy atom. The average molecular weight is 300 g/mol. The number of carboxylic acid groups (broad SMARTS) is 1. The zero-order chi connectivity index (χ0) is 15.4. The number of nitrogens with zero attached hydrogens (tertiary/aromatic N) is 1. The molecule has 1 aliphatic heterocycles. The molecule has 1 aliphatic carbocycles. The van der Waals surface area contributed by atoms with Crippen LogP contribution in [0.4, 0.5) is 23.7 Å². The summed E-state index contributed by atoms with van der Waals surface area (Å²) in [5, 5.41) is 9.41. The van der Waals surface area contributed by atoms with Gasteiger partial charge in [0, 0.05) is 12.1 Å². The first-order valence-corrected chi connectivity index (χ1v) is 6.78. The van der Waals surface area contributed by atoms with Crippen LogP contribution in [-0.2, 0) is 6.18 Å². The van der Waals surface area contributed by atoms with Crippen LogP contribution in [-0.4, -0.2) is 17.2 Å². The summed E-state index contributed by atoms with van der Waals surface area (Å²) in [6.07, 6.45) is -3.35. The highest BCUT2D eigenvalue weighted by molar-refractivity contribution is 5.89. The van der Waals surface area contributed by atoms with E-state index in [0.29, 0.717) is 6.42 Å². The van der Waals surface area contributed by atoms with Gasteiger partial charge in [-0.3, -0.25) is 4.90 Å². The molecule has 0 bridgehead atoms. The molecule has 1 fully saturated rings. The van der Waals surface area contributed by atoms with E-state index < -0.39 is 23.9 Å². The first kappa shape index (κ1) is 14.2. The lowest BCUT2D eigenvalue weighted by Crippen LogP contribution is -2.46. The van der Waals surface area contributed by atoms with E-state index in [-0.39, 0.29) is 23.2 Å². The van der Waals surface area contributed by atoms with Gasteiger partial charge in [0.1, 0.15) is 0 Å². The van der Waals surface area contributed by atoms with Crippen LogP contribution in [0, 0.1) is 5.92 Å². The molecule has 21 heavy (non-hydrogen) atoms. The fourth-order valence-corrected chi connectivity index (χ4v) is 3.05. The molecule has 0 saturated heterocycles. The van der Waals surface area contributed by atoms with E-state index >= 15 is 0 Å². The van der Waals surface area contributed by atoms with Gasteiger partial charge in [-0.15, -0.1) is 0 Å². The number of nitrogens with two attached hydrogens (primary N) is 1. The zero-order valence-corrected chi connectivity index (χ0v) is 11.1. The van der Waals surface area contributed by atoms with Gasteiger partial charge in [-0.1, -0.05) is 0 Å². The van der Waals surface area contributed by atoms with Gasteiger partial charge in [-0.25, -0.2) is 4.79 Å². The molecular weight excluding hydrogens is 285 g/mol. The van der Waals surface area contributed by atoms with Crippen molar-refractivity contribution in [2.24, 2.45) is 11.7 Å². The smallest absolute Gasteiger partial charge is 0.416 e. The Morgan fingerprint density at radius 1 is 1.33 bits per heavy atom. The van der Waals surface area contributed by atoms with Crippen molar-refractivity contribution in [1.29, 1.82) is 0 Å². The highest BCUT2D eigenvalue weighted by Gasteiger charge is 2.44. The molecule has 4 nitrogen and oxygen atoms in total. The quantitative estimate of drug-likeness (QED) is 0.835. The van der Waals surface area contributed by atoms with E-state index in [4.69, 9.17) is 5.73 Å². The number of benzene rings is 1. The van der Waals surface area contributed by atoms with Gasteiger partial charge in [0.15, 0.2) is 0 Å². The summed E-state index contributed by atoms with van der Waals surface area (Å²) in [4.78, 5) is 12.7. The molecule has 1 aromatic carbocycles. The Bertz CT molecular complexity index is 584. The van der Waals surface area contributed by atoms with E-state index in [2.05, 4.69) is 0 Å². The Labute approximate surface area is 119 Å². The van der Waals surface area contributed by atoms with E-state index in [1.165, 1.54) is 11.0 Å². The van der Waals surface area contributed by atoms with Gasteiger partial charge in [0.25, 0.3) is 0 Å². The van der Waals surface area contributed by atoms with E-state index in [1.807, 2.05) is 0 Å². The third-order valence-electron chi connectivity index (χ3n) is 4.21. The summed E-state index contributed by atoms with van der Waals surface area (Å²) in [7, 11) is 0. The minimum atomic E-state index is -4.46. The number of anilines is 1. The van der Waals surface area contributed by atoms with Crippen LogP contribution in [0.2, 0.25) is 0 Å². The van der Waals surface area contributed by atoms with Crippen molar-refractivity contribution >= 4 is 11.8 Å². The summed E-state index contributed by atoms with van der Waals surface area (Å²) in [6.45, 7) is 0. The molecule has 114 valence electrons. The van der Waals surface area contributed by atoms with Crippen LogP contribution in [0.3, 0.4) is 0 Å². The maximum atomic E-state index is 12.8. The van der Waals surface area contributed by atoms with E-state index in [0.717, 1.165) is 25.0 Å². The largest absolute Gasteiger partial charge is 0.465 e. The van der Waals surface area contributed by atoms with Crippen molar-refractivity contribution in [3.63, 3.8) is 0 Å². The first-order chi connectivity index (χ1) is 9.79. The molecule has 1 saturated carbocycles. The van der Waals surface area contributed by atoms with Crippen LogP contribution >= 0.6 is 0 Å². The predicted molar refractivity (Wildman–Crippen MR) is 70.0 cm³/mol. The highest BCUT2D eigenvalue weighted by Crippen LogP contribution is 2.46. The third-order valence-corrected chi connectivity index (χ3v) is 4.21.